The van der Waals surface area contributed by atoms with E-state index in [0.29, 0.717) is 25.0 Å². The number of aryl methyl sites for hydroxylation is 1. The molecule has 4 heteroatoms. The van der Waals surface area contributed by atoms with Gasteiger partial charge in [0.25, 0.3) is 0 Å². The van der Waals surface area contributed by atoms with Gasteiger partial charge in [-0.15, -0.1) is 0 Å². The van der Waals surface area contributed by atoms with Crippen molar-refractivity contribution in [3.05, 3.63) is 34.9 Å². The predicted molar refractivity (Wildman–Crippen MR) is 80.9 cm³/mol. The molecule has 0 aliphatic carbocycles. The molecular formula is C17H19NO3. The van der Waals surface area contributed by atoms with Crippen molar-refractivity contribution >= 4 is 23.1 Å². The standard InChI is InChI=1S/C17H19NO3/c1-4-21-17(20)16-11(3)12-9-10(2)5-6-13(12)18-14(16)7-8-15(18)19/h5-6,9,14H,4,7-8H2,1-3H3. The van der Waals surface area contributed by atoms with Crippen LogP contribution in [0.1, 0.15) is 37.8 Å². The number of carbonyl (C=O) groups excluding carboxylic acids is 2. The molecule has 21 heavy (non-hydrogen) atoms. The van der Waals surface area contributed by atoms with E-state index in [0.717, 1.165) is 22.4 Å². The maximum atomic E-state index is 12.3. The normalized spacial score (nSPS) is 20.4. The number of hydrogen-bond acceptors (Lipinski definition) is 3. The maximum absolute atomic E-state index is 12.3. The van der Waals surface area contributed by atoms with Gasteiger partial charge in [-0.1, -0.05) is 11.6 Å². The fourth-order valence-electron chi connectivity index (χ4n) is 3.31. The zero-order chi connectivity index (χ0) is 15.1. The monoisotopic (exact) mass is 285 g/mol. The molecule has 2 aliphatic rings. The first-order valence-corrected chi connectivity index (χ1v) is 7.35. The van der Waals surface area contributed by atoms with Crippen LogP contribution in [0.2, 0.25) is 0 Å². The summed E-state index contributed by atoms with van der Waals surface area (Å²) in [5.74, 6) is -0.216. The van der Waals surface area contributed by atoms with Gasteiger partial charge in [0.1, 0.15) is 0 Å². The largest absolute Gasteiger partial charge is 0.463 e. The lowest BCUT2D eigenvalue weighted by molar-refractivity contribution is -0.138. The Hall–Kier alpha value is -2.10. The van der Waals surface area contributed by atoms with E-state index in [1.165, 1.54) is 0 Å². The molecule has 0 aromatic heterocycles. The topological polar surface area (TPSA) is 46.6 Å². The third-order valence-corrected chi connectivity index (χ3v) is 4.26. The van der Waals surface area contributed by atoms with Crippen molar-refractivity contribution in [2.75, 3.05) is 11.5 Å². The number of carbonyl (C=O) groups is 2. The van der Waals surface area contributed by atoms with Gasteiger partial charge >= 0.3 is 5.97 Å². The van der Waals surface area contributed by atoms with E-state index in [9.17, 15) is 9.59 Å². The Labute approximate surface area is 124 Å². The molecule has 4 nitrogen and oxygen atoms in total. The van der Waals surface area contributed by atoms with E-state index in [1.807, 2.05) is 32.0 Å². The average Bonchev–Trinajstić information content (AvgIpc) is 2.81. The molecule has 1 unspecified atom stereocenters. The lowest BCUT2D eigenvalue weighted by atomic mass is 9.88. The Kier molecular flexibility index (Phi) is 3.32. The molecule has 1 saturated heterocycles. The molecule has 0 bridgehead atoms. The molecule has 1 aromatic carbocycles. The molecule has 1 atom stereocenters. The van der Waals surface area contributed by atoms with Crippen molar-refractivity contribution in [3.8, 4) is 0 Å². The van der Waals surface area contributed by atoms with Crippen LogP contribution in [0.3, 0.4) is 0 Å². The molecule has 2 heterocycles. The van der Waals surface area contributed by atoms with Crippen molar-refractivity contribution in [2.24, 2.45) is 0 Å². The second kappa shape index (κ2) is 5.02. The Morgan fingerprint density at radius 3 is 2.86 bits per heavy atom. The summed E-state index contributed by atoms with van der Waals surface area (Å²) in [5.41, 5.74) is 4.56. The lowest BCUT2D eigenvalue weighted by Gasteiger charge is -2.34. The Bertz CT molecular complexity index is 660. The van der Waals surface area contributed by atoms with Crippen molar-refractivity contribution in [1.82, 2.24) is 0 Å². The number of fused-ring (bicyclic) bond motifs is 3. The Balaban J connectivity index is 2.20. The van der Waals surface area contributed by atoms with Gasteiger partial charge in [0, 0.05) is 12.0 Å². The van der Waals surface area contributed by atoms with Crippen LogP contribution in [0.5, 0.6) is 0 Å². The van der Waals surface area contributed by atoms with Crippen LogP contribution < -0.4 is 4.90 Å². The van der Waals surface area contributed by atoms with Gasteiger partial charge in [0.05, 0.1) is 23.9 Å². The van der Waals surface area contributed by atoms with E-state index >= 15 is 0 Å². The molecule has 0 radical (unpaired) electrons. The Morgan fingerprint density at radius 2 is 2.14 bits per heavy atom. The van der Waals surface area contributed by atoms with E-state index in [-0.39, 0.29) is 17.9 Å². The highest BCUT2D eigenvalue weighted by Gasteiger charge is 2.42. The summed E-state index contributed by atoms with van der Waals surface area (Å²) in [7, 11) is 0. The van der Waals surface area contributed by atoms with Crippen LogP contribution in [-0.2, 0) is 14.3 Å². The average molecular weight is 285 g/mol. The number of allylic oxidation sites excluding steroid dienone is 1. The molecule has 0 saturated carbocycles. The number of amides is 1. The molecular weight excluding hydrogens is 266 g/mol. The number of rotatable bonds is 2. The summed E-state index contributed by atoms with van der Waals surface area (Å²) < 4.78 is 5.21. The third kappa shape index (κ3) is 2.06. The van der Waals surface area contributed by atoms with Gasteiger partial charge in [0.2, 0.25) is 5.91 Å². The minimum Gasteiger partial charge on any atom is -0.463 e. The summed E-state index contributed by atoms with van der Waals surface area (Å²) in [6.07, 6.45) is 1.16. The van der Waals surface area contributed by atoms with Crippen LogP contribution in [-0.4, -0.2) is 24.5 Å². The second-order valence-corrected chi connectivity index (χ2v) is 5.60. The van der Waals surface area contributed by atoms with Gasteiger partial charge in [0.15, 0.2) is 0 Å². The SMILES string of the molecule is CCOC(=O)C1=C(C)c2cc(C)ccc2N2C(=O)CCC12. The van der Waals surface area contributed by atoms with Crippen LogP contribution in [0.15, 0.2) is 23.8 Å². The zero-order valence-electron chi connectivity index (χ0n) is 12.6. The molecule has 110 valence electrons. The minimum absolute atomic E-state index is 0.0828. The molecule has 1 amide bonds. The zero-order valence-corrected chi connectivity index (χ0v) is 12.6. The number of esters is 1. The number of anilines is 1. The molecule has 0 N–H and O–H groups in total. The maximum Gasteiger partial charge on any atom is 0.336 e. The van der Waals surface area contributed by atoms with Crippen LogP contribution >= 0.6 is 0 Å². The summed E-state index contributed by atoms with van der Waals surface area (Å²) in [5, 5.41) is 0. The third-order valence-electron chi connectivity index (χ3n) is 4.26. The predicted octanol–water partition coefficient (Wildman–Crippen LogP) is 2.84. The van der Waals surface area contributed by atoms with Gasteiger partial charge in [-0.05, 0) is 44.9 Å². The molecule has 0 spiro atoms. The second-order valence-electron chi connectivity index (χ2n) is 5.60. The highest BCUT2D eigenvalue weighted by Crippen LogP contribution is 2.43. The molecule has 2 aliphatic heterocycles. The highest BCUT2D eigenvalue weighted by molar-refractivity contribution is 6.10. The van der Waals surface area contributed by atoms with Crippen LogP contribution in [0, 0.1) is 6.92 Å². The van der Waals surface area contributed by atoms with Crippen molar-refractivity contribution in [2.45, 2.75) is 39.7 Å². The summed E-state index contributed by atoms with van der Waals surface area (Å²) in [6.45, 7) is 6.10. The summed E-state index contributed by atoms with van der Waals surface area (Å²) >= 11 is 0. The van der Waals surface area contributed by atoms with E-state index in [4.69, 9.17) is 4.74 Å². The number of hydrogen-bond donors (Lipinski definition) is 0. The van der Waals surface area contributed by atoms with Gasteiger partial charge in [-0.2, -0.15) is 0 Å². The van der Waals surface area contributed by atoms with Crippen molar-refractivity contribution in [3.63, 3.8) is 0 Å². The smallest absolute Gasteiger partial charge is 0.336 e. The lowest BCUT2D eigenvalue weighted by Crippen LogP contribution is -2.40. The summed E-state index contributed by atoms with van der Waals surface area (Å²) in [6, 6.07) is 5.84. The van der Waals surface area contributed by atoms with E-state index < -0.39 is 0 Å². The highest BCUT2D eigenvalue weighted by atomic mass is 16.5. The number of ether oxygens (including phenoxy) is 1. The Morgan fingerprint density at radius 1 is 1.38 bits per heavy atom. The van der Waals surface area contributed by atoms with Gasteiger partial charge in [-0.3, -0.25) is 4.79 Å². The molecule has 1 fully saturated rings. The van der Waals surface area contributed by atoms with Gasteiger partial charge < -0.3 is 9.64 Å². The van der Waals surface area contributed by atoms with Crippen LogP contribution in [0.4, 0.5) is 5.69 Å². The van der Waals surface area contributed by atoms with Crippen molar-refractivity contribution in [1.29, 1.82) is 0 Å². The first-order valence-electron chi connectivity index (χ1n) is 7.35. The molecule has 1 aromatic rings. The fourth-order valence-corrected chi connectivity index (χ4v) is 3.31. The first-order chi connectivity index (χ1) is 10.0. The molecule has 3 rings (SSSR count). The van der Waals surface area contributed by atoms with Crippen molar-refractivity contribution < 1.29 is 14.3 Å². The number of benzene rings is 1. The summed E-state index contributed by atoms with van der Waals surface area (Å²) in [4.78, 5) is 26.3. The first kappa shape index (κ1) is 13.9. The number of nitrogens with zero attached hydrogens (tertiary/aromatic N) is 1. The fraction of sp³-hybridized carbons (Fsp3) is 0.412. The van der Waals surface area contributed by atoms with Crippen LogP contribution in [0.25, 0.3) is 5.57 Å². The quantitative estimate of drug-likeness (QED) is 0.785. The van der Waals surface area contributed by atoms with E-state index in [1.54, 1.807) is 11.8 Å². The van der Waals surface area contributed by atoms with Gasteiger partial charge in [-0.25, -0.2) is 4.79 Å². The van der Waals surface area contributed by atoms with E-state index in [2.05, 4.69) is 0 Å². The minimum atomic E-state index is -0.299.